The molecule has 33 heavy (non-hydrogen) atoms. The van der Waals surface area contributed by atoms with E-state index in [9.17, 15) is 14.4 Å². The monoisotopic (exact) mass is 501 g/mol. The molecule has 2 aromatic carbocycles. The van der Waals surface area contributed by atoms with Gasteiger partial charge in [0.05, 0.1) is 23.2 Å². The maximum absolute atomic E-state index is 14.3. The first-order valence-corrected chi connectivity index (χ1v) is 11.6. The number of aromatic nitrogens is 1. The van der Waals surface area contributed by atoms with Crippen LogP contribution in [-0.4, -0.2) is 10.4 Å². The lowest BCUT2D eigenvalue weighted by molar-refractivity contribution is -0.116. The van der Waals surface area contributed by atoms with Crippen molar-refractivity contribution < 1.29 is 9.18 Å². The molecule has 0 radical (unpaired) electrons. The molecule has 1 unspecified atom stereocenters. The summed E-state index contributed by atoms with van der Waals surface area (Å²) in [6, 6.07) is 18.4. The van der Waals surface area contributed by atoms with Crippen LogP contribution >= 0.6 is 15.9 Å². The van der Waals surface area contributed by atoms with Crippen LogP contribution in [0.25, 0.3) is 5.82 Å². The van der Waals surface area contributed by atoms with Crippen LogP contribution in [0, 0.1) is 24.1 Å². The number of ketones is 1. The molecule has 4 nitrogen and oxygen atoms in total. The number of aryl methyl sites for hydroxylation is 1. The molecular formula is C27H21BrFN3O. The number of rotatable bonds is 3. The summed E-state index contributed by atoms with van der Waals surface area (Å²) in [4.78, 5) is 15.4. The molecule has 0 spiro atoms. The fourth-order valence-corrected chi connectivity index (χ4v) is 5.40. The number of nitrogens with zero attached hydrogens (tertiary/aromatic N) is 3. The molecule has 1 aliphatic heterocycles. The van der Waals surface area contributed by atoms with Crippen LogP contribution in [0.5, 0.6) is 0 Å². The lowest BCUT2D eigenvalue weighted by Crippen LogP contribution is -2.37. The van der Waals surface area contributed by atoms with Crippen molar-refractivity contribution in [1.82, 2.24) is 4.57 Å². The second kappa shape index (κ2) is 8.49. The molecule has 5 rings (SSSR count). The Labute approximate surface area is 200 Å². The van der Waals surface area contributed by atoms with Gasteiger partial charge in [0, 0.05) is 34.6 Å². The fourth-order valence-electron chi connectivity index (χ4n) is 4.92. The number of anilines is 1. The van der Waals surface area contributed by atoms with Gasteiger partial charge in [0.15, 0.2) is 5.78 Å². The van der Waals surface area contributed by atoms with E-state index in [1.54, 1.807) is 12.1 Å². The van der Waals surface area contributed by atoms with Crippen molar-refractivity contribution in [2.24, 2.45) is 0 Å². The van der Waals surface area contributed by atoms with Gasteiger partial charge in [-0.05, 0) is 73.4 Å². The fraction of sp³-hybridized carbons (Fsp3) is 0.185. The average molecular weight is 502 g/mol. The molecule has 2 heterocycles. The highest BCUT2D eigenvalue weighted by atomic mass is 79.9. The average Bonchev–Trinajstić information content (AvgIpc) is 3.33. The normalized spacial score (nSPS) is 18.4. The minimum Gasteiger partial charge on any atom is -0.309 e. The summed E-state index contributed by atoms with van der Waals surface area (Å²) < 4.78 is 17.1. The van der Waals surface area contributed by atoms with Crippen molar-refractivity contribution in [1.29, 1.82) is 5.26 Å². The number of hydrogen-bond acceptors (Lipinski definition) is 3. The summed E-state index contributed by atoms with van der Waals surface area (Å²) in [5.74, 6) is -0.304. The second-order valence-electron chi connectivity index (χ2n) is 8.33. The van der Waals surface area contributed by atoms with Gasteiger partial charge in [-0.15, -0.1) is 0 Å². The van der Waals surface area contributed by atoms with Gasteiger partial charge in [-0.1, -0.05) is 28.1 Å². The van der Waals surface area contributed by atoms with Crippen LogP contribution < -0.4 is 4.90 Å². The molecule has 6 heteroatoms. The minimum atomic E-state index is -0.613. The van der Waals surface area contributed by atoms with Crippen LogP contribution in [0.2, 0.25) is 0 Å². The van der Waals surface area contributed by atoms with Crippen molar-refractivity contribution in [3.05, 3.63) is 105 Å². The zero-order chi connectivity index (χ0) is 23.1. The summed E-state index contributed by atoms with van der Waals surface area (Å²) in [6.45, 7) is 2.02. The first-order chi connectivity index (χ1) is 16.0. The number of carbonyl (C=O) groups is 1. The summed E-state index contributed by atoms with van der Waals surface area (Å²) in [7, 11) is 0. The van der Waals surface area contributed by atoms with Gasteiger partial charge < -0.3 is 4.57 Å². The number of hydrogen-bond donors (Lipinski definition) is 0. The third-order valence-corrected chi connectivity index (χ3v) is 6.77. The van der Waals surface area contributed by atoms with E-state index in [-0.39, 0.29) is 11.6 Å². The van der Waals surface area contributed by atoms with Crippen LogP contribution in [0.1, 0.15) is 36.3 Å². The maximum atomic E-state index is 14.3. The Bertz CT molecular complexity index is 1360. The predicted octanol–water partition coefficient (Wildman–Crippen LogP) is 6.70. The molecule has 0 amide bonds. The van der Waals surface area contributed by atoms with Crippen molar-refractivity contribution in [2.45, 2.75) is 32.1 Å². The molecule has 1 aliphatic carbocycles. The highest BCUT2D eigenvalue weighted by Crippen LogP contribution is 2.49. The van der Waals surface area contributed by atoms with Gasteiger partial charge >= 0.3 is 0 Å². The Hall–Kier alpha value is -3.43. The largest absolute Gasteiger partial charge is 0.309 e. The van der Waals surface area contributed by atoms with Gasteiger partial charge in [-0.3, -0.25) is 9.69 Å². The number of halogens is 2. The predicted molar refractivity (Wildman–Crippen MR) is 130 cm³/mol. The van der Waals surface area contributed by atoms with E-state index in [2.05, 4.69) is 26.9 Å². The van der Waals surface area contributed by atoms with E-state index in [0.29, 0.717) is 35.4 Å². The summed E-state index contributed by atoms with van der Waals surface area (Å²) in [5, 5.41) is 10.4. The van der Waals surface area contributed by atoms with E-state index < -0.39 is 5.92 Å². The van der Waals surface area contributed by atoms with Crippen molar-refractivity contribution in [3.8, 4) is 6.07 Å². The summed E-state index contributed by atoms with van der Waals surface area (Å²) in [5.41, 5.74) is 4.45. The molecule has 1 aromatic heterocycles. The lowest BCUT2D eigenvalue weighted by atomic mass is 9.75. The smallest absolute Gasteiger partial charge is 0.161 e. The van der Waals surface area contributed by atoms with Crippen molar-refractivity contribution in [2.75, 3.05) is 4.90 Å². The van der Waals surface area contributed by atoms with Gasteiger partial charge in [0.1, 0.15) is 11.6 Å². The van der Waals surface area contributed by atoms with E-state index >= 15 is 0 Å². The third kappa shape index (κ3) is 3.63. The first kappa shape index (κ1) is 21.4. The Balaban J connectivity index is 1.87. The zero-order valence-corrected chi connectivity index (χ0v) is 19.6. The zero-order valence-electron chi connectivity index (χ0n) is 18.1. The van der Waals surface area contributed by atoms with E-state index in [1.165, 1.54) is 12.1 Å². The SMILES string of the molecule is Cc1cc(Br)ccc1N1C2=C(C(=O)CCC2)C(c2cccc(F)c2)C(C#N)=C1n1cccc1. The minimum absolute atomic E-state index is 0.0181. The number of allylic oxidation sites excluding steroid dienone is 3. The Morgan fingerprint density at radius 1 is 1.09 bits per heavy atom. The van der Waals surface area contributed by atoms with Gasteiger partial charge in [-0.2, -0.15) is 5.26 Å². The third-order valence-electron chi connectivity index (χ3n) is 6.28. The van der Waals surface area contributed by atoms with Crippen LogP contribution in [-0.2, 0) is 4.79 Å². The molecule has 0 N–H and O–H groups in total. The van der Waals surface area contributed by atoms with Crippen molar-refractivity contribution in [3.63, 3.8) is 0 Å². The lowest BCUT2D eigenvalue weighted by Gasteiger charge is -2.41. The highest BCUT2D eigenvalue weighted by Gasteiger charge is 2.41. The Morgan fingerprint density at radius 2 is 1.88 bits per heavy atom. The summed E-state index contributed by atoms with van der Waals surface area (Å²) >= 11 is 3.54. The number of benzene rings is 2. The standard InChI is InChI=1S/C27H21BrFN3O/c1-17-14-19(28)10-11-22(17)32-23-8-5-9-24(33)26(23)25(18-6-4-7-20(29)15-18)21(16-30)27(32)31-12-2-3-13-31/h2-4,6-7,10-15,25H,5,8-9H2,1H3. The number of nitriles is 1. The Morgan fingerprint density at radius 3 is 2.58 bits per heavy atom. The molecular weight excluding hydrogens is 481 g/mol. The van der Waals surface area contributed by atoms with E-state index in [0.717, 1.165) is 27.8 Å². The first-order valence-electron chi connectivity index (χ1n) is 10.8. The van der Waals surface area contributed by atoms with Crippen LogP contribution in [0.15, 0.2) is 88.3 Å². The number of carbonyl (C=O) groups excluding carboxylic acids is 1. The second-order valence-corrected chi connectivity index (χ2v) is 9.25. The Kier molecular flexibility index (Phi) is 5.51. The molecule has 0 bridgehead atoms. The van der Waals surface area contributed by atoms with Gasteiger partial charge in [0.2, 0.25) is 0 Å². The maximum Gasteiger partial charge on any atom is 0.161 e. The highest BCUT2D eigenvalue weighted by molar-refractivity contribution is 9.10. The topological polar surface area (TPSA) is 49.0 Å². The summed E-state index contributed by atoms with van der Waals surface area (Å²) in [6.07, 6.45) is 5.65. The number of Topliss-reactive ketones (excluding diaryl/α,β-unsaturated/α-hetero) is 1. The van der Waals surface area contributed by atoms with Crippen molar-refractivity contribution >= 4 is 33.2 Å². The quantitative estimate of drug-likeness (QED) is 0.401. The van der Waals surface area contributed by atoms with Gasteiger partial charge in [0.25, 0.3) is 0 Å². The molecule has 3 aromatic rings. The van der Waals surface area contributed by atoms with Gasteiger partial charge in [-0.25, -0.2) is 4.39 Å². The molecule has 0 fully saturated rings. The van der Waals surface area contributed by atoms with Crippen LogP contribution in [0.3, 0.4) is 0 Å². The van der Waals surface area contributed by atoms with Crippen LogP contribution in [0.4, 0.5) is 10.1 Å². The molecule has 1 atom stereocenters. The molecule has 0 saturated carbocycles. The van der Waals surface area contributed by atoms with E-state index in [1.807, 2.05) is 54.2 Å². The molecule has 2 aliphatic rings. The van der Waals surface area contributed by atoms with E-state index in [4.69, 9.17) is 0 Å². The molecule has 0 saturated heterocycles. The molecule has 164 valence electrons.